The standard InChI is InChI=1S/C22H27NO6S/c1-17-10-12-19(13-11-17)30(26,27)29-16-21(24)20-9-5-6-14-23(20)22(25)28-15-18-7-3-2-4-8-18/h2-4,7-8,10-13,20-21,24H,5-6,9,14-16H2,1H3/t20-,21+/m0/s1. The van der Waals surface area contributed by atoms with Gasteiger partial charge in [0.1, 0.15) is 6.61 Å². The van der Waals surface area contributed by atoms with Crippen molar-refractivity contribution in [1.29, 1.82) is 0 Å². The Hall–Kier alpha value is -2.42. The first kappa shape index (κ1) is 22.3. The molecule has 2 atom stereocenters. The van der Waals surface area contributed by atoms with Gasteiger partial charge >= 0.3 is 6.09 Å². The van der Waals surface area contributed by atoms with E-state index in [0.717, 1.165) is 24.0 Å². The van der Waals surface area contributed by atoms with Crippen molar-refractivity contribution in [3.05, 3.63) is 65.7 Å². The van der Waals surface area contributed by atoms with Gasteiger partial charge in [-0.3, -0.25) is 4.18 Å². The van der Waals surface area contributed by atoms with Crippen LogP contribution in [0.1, 0.15) is 30.4 Å². The molecule has 0 saturated carbocycles. The second-order valence-electron chi connectivity index (χ2n) is 7.42. The van der Waals surface area contributed by atoms with Crippen LogP contribution in [0.5, 0.6) is 0 Å². The summed E-state index contributed by atoms with van der Waals surface area (Å²) in [6.07, 6.45) is 0.509. The maximum Gasteiger partial charge on any atom is 0.410 e. The number of carbonyl (C=O) groups is 1. The van der Waals surface area contributed by atoms with Crippen LogP contribution in [0.2, 0.25) is 0 Å². The van der Waals surface area contributed by atoms with Crippen LogP contribution < -0.4 is 0 Å². The molecule has 162 valence electrons. The molecule has 0 aliphatic carbocycles. The third kappa shape index (κ3) is 5.81. The average molecular weight is 434 g/mol. The van der Waals surface area contributed by atoms with Crippen molar-refractivity contribution < 1.29 is 27.2 Å². The molecule has 0 radical (unpaired) electrons. The Kier molecular flexibility index (Phi) is 7.47. The molecule has 0 unspecified atom stereocenters. The highest BCUT2D eigenvalue weighted by atomic mass is 32.2. The Morgan fingerprint density at radius 3 is 2.53 bits per heavy atom. The fraction of sp³-hybridized carbons (Fsp3) is 0.409. The molecule has 30 heavy (non-hydrogen) atoms. The first-order chi connectivity index (χ1) is 14.4. The van der Waals surface area contributed by atoms with Crippen molar-refractivity contribution >= 4 is 16.2 Å². The molecule has 0 aromatic heterocycles. The van der Waals surface area contributed by atoms with E-state index in [-0.39, 0.29) is 11.5 Å². The van der Waals surface area contributed by atoms with Gasteiger partial charge in [0, 0.05) is 6.54 Å². The molecule has 3 rings (SSSR count). The summed E-state index contributed by atoms with van der Waals surface area (Å²) < 4.78 is 35.2. The minimum absolute atomic E-state index is 0.0306. The summed E-state index contributed by atoms with van der Waals surface area (Å²) in [6.45, 7) is 2.01. The average Bonchev–Trinajstić information content (AvgIpc) is 2.77. The molecule has 1 aliphatic heterocycles. The van der Waals surface area contributed by atoms with Crippen molar-refractivity contribution in [2.75, 3.05) is 13.2 Å². The SMILES string of the molecule is Cc1ccc(S(=O)(=O)OC[C@@H](O)[C@@H]2CCCCN2C(=O)OCc2ccccc2)cc1. The number of ether oxygens (including phenoxy) is 1. The minimum atomic E-state index is -3.99. The highest BCUT2D eigenvalue weighted by Crippen LogP contribution is 2.23. The van der Waals surface area contributed by atoms with Crippen molar-refractivity contribution in [2.45, 2.75) is 49.8 Å². The predicted molar refractivity (Wildman–Crippen MR) is 111 cm³/mol. The smallest absolute Gasteiger partial charge is 0.410 e. The summed E-state index contributed by atoms with van der Waals surface area (Å²) in [5.41, 5.74) is 1.80. The molecular formula is C22H27NO6S. The van der Waals surface area contributed by atoms with Gasteiger partial charge in [0.2, 0.25) is 0 Å². The van der Waals surface area contributed by atoms with Crippen LogP contribution in [-0.2, 0) is 25.6 Å². The molecule has 1 amide bonds. The number of hydrogen-bond acceptors (Lipinski definition) is 6. The fourth-order valence-electron chi connectivity index (χ4n) is 3.43. The van der Waals surface area contributed by atoms with E-state index in [1.165, 1.54) is 17.0 Å². The fourth-order valence-corrected chi connectivity index (χ4v) is 4.35. The molecule has 0 bridgehead atoms. The van der Waals surface area contributed by atoms with Crippen LogP contribution in [0, 0.1) is 6.92 Å². The molecule has 1 fully saturated rings. The summed E-state index contributed by atoms with van der Waals surface area (Å²) >= 11 is 0. The normalized spacial score (nSPS) is 18.1. The van der Waals surface area contributed by atoms with Gasteiger partial charge in [-0.25, -0.2) is 4.79 Å². The second-order valence-corrected chi connectivity index (χ2v) is 9.03. The van der Waals surface area contributed by atoms with Crippen molar-refractivity contribution in [3.8, 4) is 0 Å². The summed E-state index contributed by atoms with van der Waals surface area (Å²) in [4.78, 5) is 14.1. The third-order valence-electron chi connectivity index (χ3n) is 5.14. The van der Waals surface area contributed by atoms with E-state index in [4.69, 9.17) is 8.92 Å². The van der Waals surface area contributed by atoms with E-state index in [1.54, 1.807) is 12.1 Å². The molecule has 0 spiro atoms. The zero-order valence-corrected chi connectivity index (χ0v) is 17.8. The van der Waals surface area contributed by atoms with Crippen LogP contribution in [0.15, 0.2) is 59.5 Å². The molecule has 1 saturated heterocycles. The van der Waals surface area contributed by atoms with Gasteiger partial charge in [-0.1, -0.05) is 48.0 Å². The maximum atomic E-state index is 12.6. The number of aryl methyl sites for hydroxylation is 1. The number of piperidine rings is 1. The first-order valence-electron chi connectivity index (χ1n) is 9.98. The van der Waals surface area contributed by atoms with Gasteiger partial charge in [-0.15, -0.1) is 0 Å². The lowest BCUT2D eigenvalue weighted by atomic mass is 9.98. The number of nitrogens with zero attached hydrogens (tertiary/aromatic N) is 1. The zero-order valence-electron chi connectivity index (χ0n) is 16.9. The van der Waals surface area contributed by atoms with E-state index in [2.05, 4.69) is 0 Å². The molecule has 1 N–H and O–H groups in total. The Morgan fingerprint density at radius 2 is 1.83 bits per heavy atom. The molecule has 1 heterocycles. The van der Waals surface area contributed by atoms with Gasteiger partial charge < -0.3 is 14.7 Å². The monoisotopic (exact) mass is 433 g/mol. The van der Waals surface area contributed by atoms with E-state index in [9.17, 15) is 18.3 Å². The van der Waals surface area contributed by atoms with Gasteiger partial charge in [-0.2, -0.15) is 8.42 Å². The van der Waals surface area contributed by atoms with E-state index in [1.807, 2.05) is 37.3 Å². The number of rotatable bonds is 7. The number of aliphatic hydroxyl groups excluding tert-OH is 1. The summed E-state index contributed by atoms with van der Waals surface area (Å²) in [5, 5.41) is 10.6. The Labute approximate surface area is 177 Å². The Morgan fingerprint density at radius 1 is 1.13 bits per heavy atom. The number of likely N-dealkylation sites (tertiary alicyclic amines) is 1. The lowest BCUT2D eigenvalue weighted by molar-refractivity contribution is -0.00310. The topological polar surface area (TPSA) is 93.1 Å². The van der Waals surface area contributed by atoms with Gasteiger partial charge in [0.05, 0.1) is 23.6 Å². The second kappa shape index (κ2) is 10.1. The molecule has 2 aromatic carbocycles. The number of carbonyl (C=O) groups excluding carboxylic acids is 1. The highest BCUT2D eigenvalue weighted by Gasteiger charge is 2.34. The van der Waals surface area contributed by atoms with Gasteiger partial charge in [0.15, 0.2) is 0 Å². The van der Waals surface area contributed by atoms with Gasteiger partial charge in [0.25, 0.3) is 10.1 Å². The molecular weight excluding hydrogens is 406 g/mol. The lowest BCUT2D eigenvalue weighted by Gasteiger charge is -2.37. The molecule has 1 aliphatic rings. The summed E-state index contributed by atoms with van der Waals surface area (Å²) in [6, 6.07) is 15.1. The number of hydrogen-bond donors (Lipinski definition) is 1. The molecule has 8 heteroatoms. The van der Waals surface area contributed by atoms with Crippen LogP contribution >= 0.6 is 0 Å². The lowest BCUT2D eigenvalue weighted by Crippen LogP contribution is -2.51. The minimum Gasteiger partial charge on any atom is -0.445 e. The van der Waals surface area contributed by atoms with Crippen LogP contribution in [0.3, 0.4) is 0 Å². The van der Waals surface area contributed by atoms with Gasteiger partial charge in [-0.05, 0) is 43.9 Å². The molecule has 2 aromatic rings. The first-order valence-corrected chi connectivity index (χ1v) is 11.4. The van der Waals surface area contributed by atoms with E-state index in [0.29, 0.717) is 13.0 Å². The van der Waals surface area contributed by atoms with Crippen LogP contribution in [-0.4, -0.2) is 49.8 Å². The van der Waals surface area contributed by atoms with Crippen LogP contribution in [0.4, 0.5) is 4.79 Å². The number of aliphatic hydroxyl groups is 1. The number of benzene rings is 2. The predicted octanol–water partition coefficient (Wildman–Crippen LogP) is 3.25. The third-order valence-corrected chi connectivity index (χ3v) is 6.43. The highest BCUT2D eigenvalue weighted by molar-refractivity contribution is 7.86. The Bertz CT molecular complexity index is 930. The maximum absolute atomic E-state index is 12.6. The van der Waals surface area contributed by atoms with Crippen molar-refractivity contribution in [1.82, 2.24) is 4.90 Å². The van der Waals surface area contributed by atoms with E-state index >= 15 is 0 Å². The molecule has 7 nitrogen and oxygen atoms in total. The largest absolute Gasteiger partial charge is 0.445 e. The van der Waals surface area contributed by atoms with Crippen LogP contribution in [0.25, 0.3) is 0 Å². The Balaban J connectivity index is 1.59. The quantitative estimate of drug-likeness (QED) is 0.674. The summed E-state index contributed by atoms with van der Waals surface area (Å²) in [5.74, 6) is 0. The van der Waals surface area contributed by atoms with Crippen molar-refractivity contribution in [2.24, 2.45) is 0 Å². The zero-order chi connectivity index (χ0) is 21.6. The number of amides is 1. The van der Waals surface area contributed by atoms with E-state index < -0.39 is 35.0 Å². The van der Waals surface area contributed by atoms with Crippen molar-refractivity contribution in [3.63, 3.8) is 0 Å². The summed E-state index contributed by atoms with van der Waals surface area (Å²) in [7, 11) is -3.99.